The molecule has 3 aromatic rings. The maximum absolute atomic E-state index is 13.8. The van der Waals surface area contributed by atoms with Gasteiger partial charge >= 0.3 is 0 Å². The number of nitrogens with zero attached hydrogens (tertiary/aromatic N) is 2. The number of carbonyl (C=O) groups excluding carboxylic acids is 1. The fraction of sp³-hybridized carbons (Fsp3) is 0.500. The Balaban J connectivity index is 1.41. The molecule has 1 aromatic carbocycles. The highest BCUT2D eigenvalue weighted by Gasteiger charge is 2.58. The van der Waals surface area contributed by atoms with Crippen LogP contribution in [-0.2, 0) is 20.5 Å². The Morgan fingerprint density at radius 2 is 1.89 bits per heavy atom. The van der Waals surface area contributed by atoms with Crippen LogP contribution in [0.3, 0.4) is 0 Å². The molecule has 5 rings (SSSR count). The third-order valence-electron chi connectivity index (χ3n) is 9.44. The number of anilines is 1. The van der Waals surface area contributed by atoms with Gasteiger partial charge in [0.05, 0.1) is 18.9 Å². The number of benzene rings is 1. The number of halogens is 2. The van der Waals surface area contributed by atoms with Crippen LogP contribution in [0.4, 0.5) is 14.5 Å². The zero-order valence-corrected chi connectivity index (χ0v) is 27.7. The van der Waals surface area contributed by atoms with Crippen molar-refractivity contribution < 1.29 is 27.5 Å². The Bertz CT molecular complexity index is 1540. The van der Waals surface area contributed by atoms with Gasteiger partial charge in [-0.25, -0.2) is 4.98 Å². The number of hydrogen-bond donors (Lipinski definition) is 1. The highest BCUT2D eigenvalue weighted by atomic mass is 28.4. The molecule has 2 atom stereocenters. The minimum absolute atomic E-state index is 0.00979. The minimum Gasteiger partial charge on any atom is -0.475 e. The molecule has 1 amide bonds. The first-order valence-corrected chi connectivity index (χ1v) is 18.1. The van der Waals surface area contributed by atoms with Gasteiger partial charge in [-0.1, -0.05) is 26.8 Å². The lowest BCUT2D eigenvalue weighted by atomic mass is 9.90. The van der Waals surface area contributed by atoms with Crippen LogP contribution in [0.2, 0.25) is 18.1 Å². The van der Waals surface area contributed by atoms with Crippen molar-refractivity contribution in [2.75, 3.05) is 31.7 Å². The molecule has 3 heterocycles. The Morgan fingerprint density at radius 3 is 2.59 bits per heavy atom. The SMILES string of the molecule is Cc1ccc(NC(=O)c2ccnc(C(C)(F)F)c2)cc1-c1cc(OCCO[Si](C)(C)C(C)(C)C)nc([C@]23CCOC[C@H]2C3)c1. The second-order valence-corrected chi connectivity index (χ2v) is 18.5. The lowest BCUT2D eigenvalue weighted by molar-refractivity contribution is 0.0127. The summed E-state index contributed by atoms with van der Waals surface area (Å²) in [4.78, 5) is 21.7. The zero-order chi connectivity index (χ0) is 31.9. The summed E-state index contributed by atoms with van der Waals surface area (Å²) in [5.41, 5.74) is 4.07. The van der Waals surface area contributed by atoms with Crippen molar-refractivity contribution in [2.45, 2.75) is 76.9 Å². The average Bonchev–Trinajstić information content (AvgIpc) is 3.72. The fourth-order valence-electron chi connectivity index (χ4n) is 5.50. The number of pyridine rings is 2. The molecule has 1 aliphatic carbocycles. The van der Waals surface area contributed by atoms with Crippen molar-refractivity contribution in [3.63, 3.8) is 0 Å². The van der Waals surface area contributed by atoms with E-state index in [2.05, 4.69) is 50.2 Å². The number of aromatic nitrogens is 2. The molecule has 7 nitrogen and oxygen atoms in total. The van der Waals surface area contributed by atoms with E-state index < -0.39 is 25.8 Å². The molecule has 1 N–H and O–H groups in total. The maximum atomic E-state index is 13.8. The van der Waals surface area contributed by atoms with Gasteiger partial charge in [-0.2, -0.15) is 8.78 Å². The summed E-state index contributed by atoms with van der Waals surface area (Å²) in [7, 11) is -1.90. The maximum Gasteiger partial charge on any atom is 0.286 e. The number of aryl methyl sites for hydroxylation is 1. The zero-order valence-electron chi connectivity index (χ0n) is 26.7. The number of hydrogen-bond acceptors (Lipinski definition) is 6. The van der Waals surface area contributed by atoms with Gasteiger partial charge in [0, 0.05) is 42.5 Å². The molecule has 0 bridgehead atoms. The van der Waals surface area contributed by atoms with Crippen LogP contribution in [0, 0.1) is 12.8 Å². The molecule has 0 spiro atoms. The first kappa shape index (κ1) is 32.2. The highest BCUT2D eigenvalue weighted by molar-refractivity contribution is 6.74. The predicted molar refractivity (Wildman–Crippen MR) is 170 cm³/mol. The number of fused-ring (bicyclic) bond motifs is 1. The molecule has 0 unspecified atom stereocenters. The van der Waals surface area contributed by atoms with Gasteiger partial charge in [0.2, 0.25) is 5.88 Å². The van der Waals surface area contributed by atoms with Gasteiger partial charge in [-0.05, 0) is 90.8 Å². The third-order valence-corrected chi connectivity index (χ3v) is 14.0. The molecule has 1 saturated carbocycles. The van der Waals surface area contributed by atoms with E-state index in [9.17, 15) is 13.6 Å². The second kappa shape index (κ2) is 11.9. The molecule has 1 saturated heterocycles. The first-order valence-electron chi connectivity index (χ1n) is 15.2. The molecule has 236 valence electrons. The summed E-state index contributed by atoms with van der Waals surface area (Å²) in [6, 6.07) is 12.3. The summed E-state index contributed by atoms with van der Waals surface area (Å²) in [6.07, 6.45) is 3.18. The van der Waals surface area contributed by atoms with E-state index in [-0.39, 0.29) is 16.0 Å². The smallest absolute Gasteiger partial charge is 0.286 e. The lowest BCUT2D eigenvalue weighted by Gasteiger charge is -2.36. The van der Waals surface area contributed by atoms with E-state index >= 15 is 0 Å². The van der Waals surface area contributed by atoms with Crippen LogP contribution in [0.1, 0.15) is 67.8 Å². The van der Waals surface area contributed by atoms with E-state index in [0.29, 0.717) is 37.3 Å². The Hall–Kier alpha value is -3.21. The summed E-state index contributed by atoms with van der Waals surface area (Å²) in [6.45, 7) is 16.2. The second-order valence-electron chi connectivity index (χ2n) is 13.7. The van der Waals surface area contributed by atoms with Gasteiger partial charge in [-0.15, -0.1) is 0 Å². The van der Waals surface area contributed by atoms with Gasteiger partial charge in [0.15, 0.2) is 8.32 Å². The van der Waals surface area contributed by atoms with Crippen LogP contribution in [0.25, 0.3) is 11.1 Å². The number of carbonyl (C=O) groups is 1. The van der Waals surface area contributed by atoms with Gasteiger partial charge in [-0.3, -0.25) is 9.78 Å². The van der Waals surface area contributed by atoms with Crippen LogP contribution >= 0.6 is 0 Å². The summed E-state index contributed by atoms with van der Waals surface area (Å²) >= 11 is 0. The largest absolute Gasteiger partial charge is 0.475 e. The molecule has 2 fully saturated rings. The van der Waals surface area contributed by atoms with E-state index in [1.165, 1.54) is 12.3 Å². The Kier molecular flexibility index (Phi) is 8.74. The third kappa shape index (κ3) is 6.87. The number of alkyl halides is 2. The minimum atomic E-state index is -3.15. The summed E-state index contributed by atoms with van der Waals surface area (Å²) in [5.74, 6) is -2.65. The number of amides is 1. The number of rotatable bonds is 10. The predicted octanol–water partition coefficient (Wildman–Crippen LogP) is 7.89. The van der Waals surface area contributed by atoms with E-state index in [0.717, 1.165) is 54.8 Å². The molecule has 44 heavy (non-hydrogen) atoms. The highest BCUT2D eigenvalue weighted by Crippen LogP contribution is 2.58. The summed E-state index contributed by atoms with van der Waals surface area (Å²) < 4.78 is 45.9. The van der Waals surface area contributed by atoms with Gasteiger partial charge in [0.1, 0.15) is 12.3 Å². The van der Waals surface area contributed by atoms with Gasteiger partial charge in [0.25, 0.3) is 11.8 Å². The standard InChI is InChI=1S/C34H43F2N3O4Si/c1-22-8-9-26(38-31(40)23-10-12-37-28(16-23)33(5,35)36)19-27(22)24-17-29(34-11-13-41-21-25(34)20-34)39-30(18-24)42-14-15-43-44(6,7)32(2,3)4/h8-10,12,16-19,25H,11,13-15,20-21H2,1-7H3,(H,38,40)/t25-,34+/m1/s1. The van der Waals surface area contributed by atoms with Crippen LogP contribution in [-0.4, -0.2) is 50.6 Å². The Morgan fingerprint density at radius 1 is 1.11 bits per heavy atom. The van der Waals surface area contributed by atoms with Crippen molar-refractivity contribution >= 4 is 19.9 Å². The first-order chi connectivity index (χ1) is 20.6. The average molecular weight is 624 g/mol. The molecular formula is C34H43F2N3O4Si. The van der Waals surface area contributed by atoms with Crippen molar-refractivity contribution in [1.82, 2.24) is 9.97 Å². The number of nitrogens with one attached hydrogen (secondary N) is 1. The molecule has 0 radical (unpaired) electrons. The van der Waals surface area contributed by atoms with Crippen LogP contribution in [0.15, 0.2) is 48.7 Å². The molecule has 2 aliphatic rings. The van der Waals surface area contributed by atoms with Crippen LogP contribution < -0.4 is 10.1 Å². The van der Waals surface area contributed by atoms with E-state index in [1.54, 1.807) is 6.07 Å². The molecule has 1 aliphatic heterocycles. The van der Waals surface area contributed by atoms with Crippen LogP contribution in [0.5, 0.6) is 5.88 Å². The van der Waals surface area contributed by atoms with Crippen molar-refractivity contribution in [3.8, 4) is 17.0 Å². The quantitative estimate of drug-likeness (QED) is 0.183. The van der Waals surface area contributed by atoms with Crippen molar-refractivity contribution in [1.29, 1.82) is 0 Å². The fourth-order valence-corrected chi connectivity index (χ4v) is 6.53. The monoisotopic (exact) mass is 623 g/mol. The molecule has 10 heteroatoms. The van der Waals surface area contributed by atoms with Crippen molar-refractivity contribution in [2.24, 2.45) is 5.92 Å². The lowest BCUT2D eigenvalue weighted by Crippen LogP contribution is -2.41. The molecule has 2 aromatic heterocycles. The summed E-state index contributed by atoms with van der Waals surface area (Å²) in [5, 5.41) is 2.97. The van der Waals surface area contributed by atoms with E-state index in [4.69, 9.17) is 18.9 Å². The van der Waals surface area contributed by atoms with Crippen molar-refractivity contribution in [3.05, 3.63) is 71.2 Å². The number of ether oxygens (including phenoxy) is 2. The van der Waals surface area contributed by atoms with Gasteiger partial charge < -0.3 is 19.2 Å². The van der Waals surface area contributed by atoms with E-state index in [1.807, 2.05) is 25.1 Å². The topological polar surface area (TPSA) is 82.6 Å². The normalized spacial score (nSPS) is 20.2. The Labute approximate surface area is 259 Å². The molecular weight excluding hydrogens is 580 g/mol.